The number of hydrogen-bond acceptors (Lipinski definition) is 3. The van der Waals surface area contributed by atoms with Crippen LogP contribution in [0.1, 0.15) is 30.5 Å². The van der Waals surface area contributed by atoms with Crippen molar-refractivity contribution < 1.29 is 27.2 Å². The van der Waals surface area contributed by atoms with Gasteiger partial charge in [-0.2, -0.15) is 13.2 Å². The number of nitrogens with zero attached hydrogens (tertiary/aromatic N) is 1. The van der Waals surface area contributed by atoms with E-state index in [2.05, 4.69) is 4.98 Å². The summed E-state index contributed by atoms with van der Waals surface area (Å²) >= 11 is 0. The number of hydrogen-bond donors (Lipinski definition) is 1. The number of ketones is 1. The molecule has 0 saturated heterocycles. The van der Waals surface area contributed by atoms with Gasteiger partial charge in [0, 0.05) is 6.42 Å². The van der Waals surface area contributed by atoms with E-state index in [1.54, 1.807) is 17.4 Å². The lowest BCUT2D eigenvalue weighted by Crippen LogP contribution is -2.44. The van der Waals surface area contributed by atoms with Crippen LogP contribution in [0.2, 0.25) is 0 Å². The third-order valence-electron chi connectivity index (χ3n) is 4.79. The van der Waals surface area contributed by atoms with Crippen LogP contribution in [0.3, 0.4) is 0 Å². The molecule has 4 nitrogen and oxygen atoms in total. The molecule has 0 unspecified atom stereocenters. The van der Waals surface area contributed by atoms with Crippen LogP contribution in [0.25, 0.3) is 0 Å². The Morgan fingerprint density at radius 1 is 1.07 bits per heavy atom. The molecule has 1 aromatic heterocycles. The summed E-state index contributed by atoms with van der Waals surface area (Å²) in [7, 11) is 0. The first-order valence-corrected chi connectivity index (χ1v) is 8.33. The van der Waals surface area contributed by atoms with E-state index in [4.69, 9.17) is 0 Å². The molecule has 1 fully saturated rings. The van der Waals surface area contributed by atoms with Gasteiger partial charge in [-0.3, -0.25) is 14.6 Å². The Balaban J connectivity index is 1.75. The maximum atomic E-state index is 13.0. The van der Waals surface area contributed by atoms with Gasteiger partial charge in [-0.05, 0) is 42.7 Å². The largest absolute Gasteiger partial charge is 0.471 e. The Morgan fingerprint density at radius 3 is 2.22 bits per heavy atom. The number of rotatable bonds is 5. The number of halogens is 4. The first-order chi connectivity index (χ1) is 12.7. The van der Waals surface area contributed by atoms with Gasteiger partial charge in [0.15, 0.2) is 0 Å². The van der Waals surface area contributed by atoms with Gasteiger partial charge in [0.2, 0.25) is 0 Å². The summed E-state index contributed by atoms with van der Waals surface area (Å²) in [4.78, 5) is 27.9. The lowest BCUT2D eigenvalue weighted by Gasteiger charge is -2.40. The second kappa shape index (κ2) is 7.09. The molecule has 1 aliphatic carbocycles. The van der Waals surface area contributed by atoms with Crippen molar-refractivity contribution in [3.63, 3.8) is 0 Å². The van der Waals surface area contributed by atoms with Gasteiger partial charge in [-0.1, -0.05) is 18.6 Å². The van der Waals surface area contributed by atoms with Gasteiger partial charge in [0.25, 0.3) is 0 Å². The number of anilines is 1. The normalized spacial score (nSPS) is 15.7. The van der Waals surface area contributed by atoms with Crippen LogP contribution in [-0.2, 0) is 21.4 Å². The molecule has 2 aromatic rings. The minimum atomic E-state index is -4.99. The Kier molecular flexibility index (Phi) is 4.99. The molecule has 1 aliphatic rings. The second-order valence-corrected chi connectivity index (χ2v) is 6.55. The fourth-order valence-corrected chi connectivity index (χ4v) is 3.12. The molecule has 3 rings (SSSR count). The molecule has 0 atom stereocenters. The molecule has 1 saturated carbocycles. The summed E-state index contributed by atoms with van der Waals surface area (Å²) in [5, 5.41) is 1.72. The molecule has 0 spiro atoms. The highest BCUT2D eigenvalue weighted by atomic mass is 19.4. The molecular formula is C19H16F4N2O2. The fraction of sp³-hybridized carbons (Fsp3) is 0.316. The van der Waals surface area contributed by atoms with Crippen LogP contribution < -0.4 is 5.32 Å². The van der Waals surface area contributed by atoms with Gasteiger partial charge in [0.05, 0.1) is 23.0 Å². The van der Waals surface area contributed by atoms with E-state index in [1.807, 2.05) is 0 Å². The minimum Gasteiger partial charge on any atom is -0.317 e. The molecule has 1 heterocycles. The SMILES string of the molecule is O=C(Nc1ccc(C2(C(=O)Cc3ccc(F)cc3)CCC2)nc1)C(F)(F)F. The smallest absolute Gasteiger partial charge is 0.317 e. The molecule has 0 bridgehead atoms. The van der Waals surface area contributed by atoms with Gasteiger partial charge in [-0.15, -0.1) is 0 Å². The maximum absolute atomic E-state index is 13.0. The summed E-state index contributed by atoms with van der Waals surface area (Å²) < 4.78 is 49.9. The number of pyridine rings is 1. The van der Waals surface area contributed by atoms with Crippen molar-refractivity contribution >= 4 is 17.4 Å². The van der Waals surface area contributed by atoms with E-state index in [9.17, 15) is 27.2 Å². The predicted octanol–water partition coefficient (Wildman–Crippen LogP) is 3.96. The number of alkyl halides is 3. The zero-order chi connectivity index (χ0) is 19.7. The Labute approximate surface area is 152 Å². The van der Waals surface area contributed by atoms with E-state index < -0.39 is 17.5 Å². The van der Waals surface area contributed by atoms with Gasteiger partial charge in [-0.25, -0.2) is 4.39 Å². The number of Topliss-reactive ketones (excluding diaryl/α,β-unsaturated/α-hetero) is 1. The number of carbonyl (C=O) groups excluding carboxylic acids is 2. The molecule has 0 radical (unpaired) electrons. The van der Waals surface area contributed by atoms with Crippen LogP contribution in [0.4, 0.5) is 23.2 Å². The van der Waals surface area contributed by atoms with E-state index in [0.29, 0.717) is 24.1 Å². The van der Waals surface area contributed by atoms with Crippen LogP contribution in [0.15, 0.2) is 42.6 Å². The second-order valence-electron chi connectivity index (χ2n) is 6.55. The highest BCUT2D eigenvalue weighted by Crippen LogP contribution is 2.44. The van der Waals surface area contributed by atoms with Crippen LogP contribution in [0, 0.1) is 5.82 Å². The molecule has 1 amide bonds. The Hall–Kier alpha value is -2.77. The minimum absolute atomic E-state index is 0.0695. The van der Waals surface area contributed by atoms with Gasteiger partial charge >= 0.3 is 12.1 Å². The van der Waals surface area contributed by atoms with Crippen molar-refractivity contribution in [1.29, 1.82) is 0 Å². The molecule has 142 valence electrons. The summed E-state index contributed by atoms with van der Waals surface area (Å²) in [5.41, 5.74) is 0.259. The Bertz CT molecular complexity index is 842. The van der Waals surface area contributed by atoms with Crippen LogP contribution in [0.5, 0.6) is 0 Å². The molecule has 0 aliphatic heterocycles. The first-order valence-electron chi connectivity index (χ1n) is 8.33. The lowest BCUT2D eigenvalue weighted by molar-refractivity contribution is -0.167. The van der Waals surface area contributed by atoms with Crippen molar-refractivity contribution in [3.8, 4) is 0 Å². The summed E-state index contributed by atoms with van der Waals surface area (Å²) in [5.74, 6) is -2.54. The average molecular weight is 380 g/mol. The van der Waals surface area contributed by atoms with Crippen LogP contribution >= 0.6 is 0 Å². The van der Waals surface area contributed by atoms with Crippen LogP contribution in [-0.4, -0.2) is 22.9 Å². The highest BCUT2D eigenvalue weighted by Gasteiger charge is 2.46. The van der Waals surface area contributed by atoms with Crippen molar-refractivity contribution in [2.45, 2.75) is 37.3 Å². The van der Waals surface area contributed by atoms with Crippen molar-refractivity contribution in [2.24, 2.45) is 0 Å². The van der Waals surface area contributed by atoms with E-state index in [1.165, 1.54) is 24.3 Å². The highest BCUT2D eigenvalue weighted by molar-refractivity contribution is 5.95. The van der Waals surface area contributed by atoms with Crippen molar-refractivity contribution in [2.75, 3.05) is 5.32 Å². The van der Waals surface area contributed by atoms with Gasteiger partial charge in [0.1, 0.15) is 11.6 Å². The number of amides is 1. The topological polar surface area (TPSA) is 59.1 Å². The number of carbonyl (C=O) groups is 2. The Morgan fingerprint density at radius 2 is 1.74 bits per heavy atom. The summed E-state index contributed by atoms with van der Waals surface area (Å²) in [6, 6.07) is 8.43. The molecule has 1 N–H and O–H groups in total. The predicted molar refractivity (Wildman–Crippen MR) is 89.6 cm³/mol. The monoisotopic (exact) mass is 380 g/mol. The third kappa shape index (κ3) is 3.99. The zero-order valence-corrected chi connectivity index (χ0v) is 14.1. The van der Waals surface area contributed by atoms with E-state index >= 15 is 0 Å². The maximum Gasteiger partial charge on any atom is 0.471 e. The number of nitrogens with one attached hydrogen (secondary N) is 1. The summed E-state index contributed by atoms with van der Waals surface area (Å²) in [6.45, 7) is 0. The van der Waals surface area contributed by atoms with Crippen molar-refractivity contribution in [1.82, 2.24) is 4.98 Å². The zero-order valence-electron chi connectivity index (χ0n) is 14.1. The van der Waals surface area contributed by atoms with E-state index in [-0.39, 0.29) is 23.7 Å². The average Bonchev–Trinajstić information content (AvgIpc) is 2.56. The lowest BCUT2D eigenvalue weighted by atomic mass is 9.62. The first kappa shape index (κ1) is 19.0. The van der Waals surface area contributed by atoms with Crippen molar-refractivity contribution in [3.05, 3.63) is 59.7 Å². The number of benzene rings is 1. The number of aromatic nitrogens is 1. The fourth-order valence-electron chi connectivity index (χ4n) is 3.12. The molecule has 1 aromatic carbocycles. The molecular weight excluding hydrogens is 364 g/mol. The van der Waals surface area contributed by atoms with Gasteiger partial charge < -0.3 is 5.32 Å². The third-order valence-corrected chi connectivity index (χ3v) is 4.79. The quantitative estimate of drug-likeness (QED) is 0.799. The molecule has 27 heavy (non-hydrogen) atoms. The summed E-state index contributed by atoms with van der Waals surface area (Å²) in [6.07, 6.45) is -1.73. The standard InChI is InChI=1S/C19H16F4N2O2/c20-13-4-2-12(3-5-13)10-16(26)18(8-1-9-18)15-7-6-14(11-24-15)25-17(27)19(21,22)23/h2-7,11H,1,8-10H2,(H,25,27). The molecule has 8 heteroatoms. The van der Waals surface area contributed by atoms with E-state index in [0.717, 1.165) is 12.6 Å².